The average molecular weight is 195 g/mol. The maximum Gasteiger partial charge on any atom is 0.197 e. The number of aromatic nitrogens is 1. The van der Waals surface area contributed by atoms with Gasteiger partial charge in [0.15, 0.2) is 5.89 Å². The van der Waals surface area contributed by atoms with Gasteiger partial charge in [0, 0.05) is 11.3 Å². The highest BCUT2D eigenvalue weighted by molar-refractivity contribution is 5.07. The van der Waals surface area contributed by atoms with Crippen LogP contribution in [0.25, 0.3) is 0 Å². The van der Waals surface area contributed by atoms with Gasteiger partial charge in [-0.2, -0.15) is 0 Å². The molecule has 1 heterocycles. The van der Waals surface area contributed by atoms with Crippen molar-refractivity contribution in [1.29, 1.82) is 0 Å². The van der Waals surface area contributed by atoms with Gasteiger partial charge in [-0.15, -0.1) is 0 Å². The van der Waals surface area contributed by atoms with E-state index >= 15 is 0 Å². The Morgan fingerprint density at radius 2 is 2.07 bits per heavy atom. The van der Waals surface area contributed by atoms with Gasteiger partial charge in [-0.05, 0) is 6.42 Å². The van der Waals surface area contributed by atoms with Crippen molar-refractivity contribution in [2.45, 2.75) is 58.8 Å². The van der Waals surface area contributed by atoms with Gasteiger partial charge in [-0.1, -0.05) is 41.0 Å². The van der Waals surface area contributed by atoms with Gasteiger partial charge in [0.2, 0.25) is 0 Å². The molecule has 0 bridgehead atoms. The second-order valence-electron chi connectivity index (χ2n) is 5.00. The molecule has 80 valence electrons. The number of hydrogen-bond donors (Lipinski definition) is 0. The Kier molecular flexibility index (Phi) is 3.35. The monoisotopic (exact) mass is 195 g/mol. The highest BCUT2D eigenvalue weighted by Crippen LogP contribution is 2.27. The molecule has 1 aromatic rings. The molecule has 1 rings (SSSR count). The van der Waals surface area contributed by atoms with Crippen LogP contribution in [0.1, 0.15) is 65.0 Å². The summed E-state index contributed by atoms with van der Waals surface area (Å²) >= 11 is 0. The van der Waals surface area contributed by atoms with Crippen LogP contribution in [0.4, 0.5) is 0 Å². The quantitative estimate of drug-likeness (QED) is 0.731. The summed E-state index contributed by atoms with van der Waals surface area (Å²) in [4.78, 5) is 4.33. The summed E-state index contributed by atoms with van der Waals surface area (Å²) in [6.07, 6.45) is 4.18. The number of nitrogens with zero attached hydrogens (tertiary/aromatic N) is 1. The molecule has 0 aliphatic rings. The van der Waals surface area contributed by atoms with E-state index in [1.807, 2.05) is 6.20 Å². The Morgan fingerprint density at radius 1 is 1.43 bits per heavy atom. The second-order valence-corrected chi connectivity index (χ2v) is 5.00. The first-order valence-corrected chi connectivity index (χ1v) is 5.41. The zero-order valence-electron chi connectivity index (χ0n) is 9.92. The lowest BCUT2D eigenvalue weighted by molar-refractivity contribution is 0.362. The Morgan fingerprint density at radius 3 is 2.50 bits per heavy atom. The zero-order valence-corrected chi connectivity index (χ0v) is 9.92. The molecule has 0 N–H and O–H groups in total. The van der Waals surface area contributed by atoms with Crippen LogP contribution in [-0.2, 0) is 5.41 Å². The summed E-state index contributed by atoms with van der Waals surface area (Å²) in [7, 11) is 0. The van der Waals surface area contributed by atoms with E-state index in [1.54, 1.807) is 0 Å². The number of hydrogen-bond acceptors (Lipinski definition) is 2. The summed E-state index contributed by atoms with van der Waals surface area (Å²) < 4.78 is 5.75. The summed E-state index contributed by atoms with van der Waals surface area (Å²) in [5, 5.41) is 0. The van der Waals surface area contributed by atoms with E-state index in [0.29, 0.717) is 5.92 Å². The standard InChI is InChI=1S/C12H21NO/c1-6-7-9(2)11-13-8-10(14-11)12(3,4)5/h8-9H,6-7H2,1-5H3. The van der Waals surface area contributed by atoms with Gasteiger partial charge in [0.1, 0.15) is 5.76 Å². The third kappa shape index (κ3) is 2.60. The van der Waals surface area contributed by atoms with Crippen molar-refractivity contribution in [3.8, 4) is 0 Å². The number of rotatable bonds is 3. The van der Waals surface area contributed by atoms with E-state index < -0.39 is 0 Å². The number of oxazole rings is 1. The van der Waals surface area contributed by atoms with Crippen LogP contribution < -0.4 is 0 Å². The third-order valence-corrected chi connectivity index (χ3v) is 2.41. The fourth-order valence-corrected chi connectivity index (χ4v) is 1.42. The molecule has 0 radical (unpaired) electrons. The van der Waals surface area contributed by atoms with Gasteiger partial charge in [0.05, 0.1) is 6.20 Å². The van der Waals surface area contributed by atoms with Crippen LogP contribution in [0, 0.1) is 0 Å². The molecule has 0 aromatic carbocycles. The van der Waals surface area contributed by atoms with Crippen molar-refractivity contribution in [1.82, 2.24) is 4.98 Å². The van der Waals surface area contributed by atoms with Gasteiger partial charge in [0.25, 0.3) is 0 Å². The molecule has 0 spiro atoms. The van der Waals surface area contributed by atoms with Crippen LogP contribution in [0.2, 0.25) is 0 Å². The Labute approximate surface area is 86.7 Å². The lowest BCUT2D eigenvalue weighted by Crippen LogP contribution is -2.09. The molecule has 0 fully saturated rings. The molecule has 0 amide bonds. The molecule has 0 saturated heterocycles. The minimum atomic E-state index is 0.0667. The first-order chi connectivity index (χ1) is 6.45. The highest BCUT2D eigenvalue weighted by Gasteiger charge is 2.20. The van der Waals surface area contributed by atoms with Gasteiger partial charge in [-0.3, -0.25) is 0 Å². The predicted molar refractivity (Wildman–Crippen MR) is 58.5 cm³/mol. The van der Waals surface area contributed by atoms with Crippen LogP contribution in [0.3, 0.4) is 0 Å². The Hall–Kier alpha value is -0.790. The minimum Gasteiger partial charge on any atom is -0.445 e. The van der Waals surface area contributed by atoms with Gasteiger partial charge in [-0.25, -0.2) is 4.98 Å². The van der Waals surface area contributed by atoms with E-state index in [9.17, 15) is 0 Å². The Bertz CT molecular complexity index is 283. The topological polar surface area (TPSA) is 26.0 Å². The highest BCUT2D eigenvalue weighted by atomic mass is 16.4. The summed E-state index contributed by atoms with van der Waals surface area (Å²) in [6, 6.07) is 0. The van der Waals surface area contributed by atoms with Gasteiger partial charge >= 0.3 is 0 Å². The largest absolute Gasteiger partial charge is 0.445 e. The molecule has 0 aliphatic carbocycles. The Balaban J connectivity index is 2.78. The molecular weight excluding hydrogens is 174 g/mol. The lowest BCUT2D eigenvalue weighted by atomic mass is 9.94. The van der Waals surface area contributed by atoms with Crippen LogP contribution in [-0.4, -0.2) is 4.98 Å². The van der Waals surface area contributed by atoms with Crippen molar-refractivity contribution >= 4 is 0 Å². The van der Waals surface area contributed by atoms with Crippen LogP contribution in [0.5, 0.6) is 0 Å². The maximum absolute atomic E-state index is 5.75. The molecule has 1 atom stereocenters. The van der Waals surface area contributed by atoms with E-state index in [-0.39, 0.29) is 5.41 Å². The molecule has 0 saturated carbocycles. The van der Waals surface area contributed by atoms with E-state index in [2.05, 4.69) is 39.6 Å². The van der Waals surface area contributed by atoms with Crippen molar-refractivity contribution in [2.24, 2.45) is 0 Å². The summed E-state index contributed by atoms with van der Waals surface area (Å²) in [5.41, 5.74) is 0.0667. The molecule has 2 heteroatoms. The van der Waals surface area contributed by atoms with Crippen LogP contribution in [0.15, 0.2) is 10.6 Å². The SMILES string of the molecule is CCCC(C)c1ncc(C(C)(C)C)o1. The maximum atomic E-state index is 5.75. The van der Waals surface area contributed by atoms with Crippen molar-refractivity contribution in [3.63, 3.8) is 0 Å². The summed E-state index contributed by atoms with van der Waals surface area (Å²) in [5.74, 6) is 2.31. The van der Waals surface area contributed by atoms with Crippen molar-refractivity contribution in [2.75, 3.05) is 0 Å². The first-order valence-electron chi connectivity index (χ1n) is 5.41. The second kappa shape index (κ2) is 4.16. The molecule has 1 aromatic heterocycles. The predicted octanol–water partition coefficient (Wildman–Crippen LogP) is 3.88. The molecule has 1 unspecified atom stereocenters. The molecule has 2 nitrogen and oxygen atoms in total. The lowest BCUT2D eigenvalue weighted by Gasteiger charge is -2.13. The third-order valence-electron chi connectivity index (χ3n) is 2.41. The fraction of sp³-hybridized carbons (Fsp3) is 0.750. The summed E-state index contributed by atoms with van der Waals surface area (Å²) in [6.45, 7) is 10.8. The van der Waals surface area contributed by atoms with Crippen LogP contribution >= 0.6 is 0 Å². The molecule has 14 heavy (non-hydrogen) atoms. The first kappa shape index (κ1) is 11.3. The van der Waals surface area contributed by atoms with Gasteiger partial charge < -0.3 is 4.42 Å². The smallest absolute Gasteiger partial charge is 0.197 e. The molecular formula is C12H21NO. The van der Waals surface area contributed by atoms with E-state index in [4.69, 9.17) is 4.42 Å². The minimum absolute atomic E-state index is 0.0667. The fourth-order valence-electron chi connectivity index (χ4n) is 1.42. The average Bonchev–Trinajstić information content (AvgIpc) is 2.51. The van der Waals surface area contributed by atoms with E-state index in [1.165, 1.54) is 6.42 Å². The molecule has 0 aliphatic heterocycles. The zero-order chi connectivity index (χ0) is 10.8. The van der Waals surface area contributed by atoms with E-state index in [0.717, 1.165) is 18.1 Å². The van der Waals surface area contributed by atoms with Crippen molar-refractivity contribution < 1.29 is 4.42 Å². The normalized spacial score (nSPS) is 14.4. The van der Waals surface area contributed by atoms with Crippen molar-refractivity contribution in [3.05, 3.63) is 17.8 Å².